The van der Waals surface area contributed by atoms with Crippen LogP contribution in [0.3, 0.4) is 0 Å². The largest absolute Gasteiger partial charge is 0.389 e. The van der Waals surface area contributed by atoms with Crippen molar-refractivity contribution in [3.8, 4) is 0 Å². The fourth-order valence-corrected chi connectivity index (χ4v) is 2.65. The molecule has 0 aromatic carbocycles. The van der Waals surface area contributed by atoms with Gasteiger partial charge in [0.25, 0.3) is 0 Å². The van der Waals surface area contributed by atoms with Crippen molar-refractivity contribution in [3.05, 3.63) is 0 Å². The Bertz CT molecular complexity index is 173. The molecule has 0 amide bonds. The van der Waals surface area contributed by atoms with Gasteiger partial charge in [0.1, 0.15) is 0 Å². The van der Waals surface area contributed by atoms with Gasteiger partial charge in [-0.05, 0) is 32.4 Å². The van der Waals surface area contributed by atoms with Crippen molar-refractivity contribution in [2.24, 2.45) is 0 Å². The quantitative estimate of drug-likeness (QED) is 0.714. The lowest BCUT2D eigenvalue weighted by Gasteiger charge is -2.41. The smallest absolute Gasteiger partial charge is 0.0740 e. The zero-order chi connectivity index (χ0) is 10.7. The predicted octanol–water partition coefficient (Wildman–Crippen LogP) is 2.02. The molecule has 1 fully saturated rings. The van der Waals surface area contributed by atoms with E-state index in [4.69, 9.17) is 0 Å². The molecular weight excluding hydrogens is 194 g/mol. The van der Waals surface area contributed by atoms with Crippen LogP contribution in [0.5, 0.6) is 0 Å². The van der Waals surface area contributed by atoms with Gasteiger partial charge in [0.05, 0.1) is 5.60 Å². The first-order chi connectivity index (χ1) is 6.54. The fraction of sp³-hybridized carbons (Fsp3) is 1.00. The third-order valence-corrected chi connectivity index (χ3v) is 4.83. The van der Waals surface area contributed by atoms with Crippen LogP contribution in [0.25, 0.3) is 0 Å². The highest BCUT2D eigenvalue weighted by molar-refractivity contribution is 8.00. The summed E-state index contributed by atoms with van der Waals surface area (Å²) in [6.45, 7) is 5.68. The van der Waals surface area contributed by atoms with Gasteiger partial charge in [-0.25, -0.2) is 0 Å². The Kier molecular flexibility index (Phi) is 4.29. The summed E-state index contributed by atoms with van der Waals surface area (Å²) < 4.78 is 0.476. The van der Waals surface area contributed by atoms with Crippen molar-refractivity contribution < 1.29 is 5.11 Å². The molecule has 3 heteroatoms. The lowest BCUT2D eigenvalue weighted by molar-refractivity contribution is 0.0545. The monoisotopic (exact) mass is 217 g/mol. The first-order valence-corrected chi connectivity index (χ1v) is 6.74. The van der Waals surface area contributed by atoms with Crippen LogP contribution in [-0.4, -0.2) is 34.8 Å². The first-order valence-electron chi connectivity index (χ1n) is 5.52. The first kappa shape index (κ1) is 12.3. The molecule has 2 N–H and O–H groups in total. The Balaban J connectivity index is 2.20. The Morgan fingerprint density at radius 2 is 2.14 bits per heavy atom. The van der Waals surface area contributed by atoms with Crippen LogP contribution in [0.4, 0.5) is 0 Å². The average molecular weight is 217 g/mol. The maximum absolute atomic E-state index is 9.81. The predicted molar refractivity (Wildman–Crippen MR) is 63.9 cm³/mol. The summed E-state index contributed by atoms with van der Waals surface area (Å²) in [5.41, 5.74) is -0.538. The van der Waals surface area contributed by atoms with E-state index in [0.717, 1.165) is 13.0 Å². The molecule has 1 saturated carbocycles. The van der Waals surface area contributed by atoms with Gasteiger partial charge in [0.15, 0.2) is 0 Å². The van der Waals surface area contributed by atoms with Crippen LogP contribution in [0, 0.1) is 0 Å². The maximum atomic E-state index is 9.81. The van der Waals surface area contributed by atoms with Gasteiger partial charge in [-0.15, -0.1) is 0 Å². The lowest BCUT2D eigenvalue weighted by atomic mass is 9.84. The Morgan fingerprint density at radius 1 is 1.50 bits per heavy atom. The second-order valence-electron chi connectivity index (χ2n) is 4.69. The SMILES string of the molecule is CCC(C)(O)CNCC1(SC)CCC1. The second kappa shape index (κ2) is 4.86. The topological polar surface area (TPSA) is 32.3 Å². The molecule has 1 aliphatic carbocycles. The van der Waals surface area contributed by atoms with Crippen LogP contribution < -0.4 is 5.32 Å². The molecule has 1 unspecified atom stereocenters. The van der Waals surface area contributed by atoms with E-state index in [2.05, 4.69) is 11.6 Å². The van der Waals surface area contributed by atoms with Gasteiger partial charge in [-0.1, -0.05) is 13.3 Å². The van der Waals surface area contributed by atoms with Gasteiger partial charge in [-0.2, -0.15) is 11.8 Å². The van der Waals surface area contributed by atoms with Crippen molar-refractivity contribution in [2.75, 3.05) is 19.3 Å². The van der Waals surface area contributed by atoms with Crippen molar-refractivity contribution in [1.29, 1.82) is 0 Å². The van der Waals surface area contributed by atoms with Crippen molar-refractivity contribution in [2.45, 2.75) is 49.9 Å². The van der Waals surface area contributed by atoms with Gasteiger partial charge in [0, 0.05) is 17.8 Å². The summed E-state index contributed by atoms with van der Waals surface area (Å²) in [5, 5.41) is 13.2. The number of aliphatic hydroxyl groups is 1. The summed E-state index contributed by atoms with van der Waals surface area (Å²) >= 11 is 1.97. The molecule has 0 aromatic rings. The van der Waals surface area contributed by atoms with Gasteiger partial charge >= 0.3 is 0 Å². The zero-order valence-electron chi connectivity index (χ0n) is 9.60. The van der Waals surface area contributed by atoms with E-state index in [1.165, 1.54) is 19.3 Å². The van der Waals surface area contributed by atoms with Crippen LogP contribution in [0.15, 0.2) is 0 Å². The van der Waals surface area contributed by atoms with Crippen molar-refractivity contribution in [3.63, 3.8) is 0 Å². The number of rotatable bonds is 6. The minimum atomic E-state index is -0.538. The van der Waals surface area contributed by atoms with Gasteiger partial charge in [0.2, 0.25) is 0 Å². The molecule has 2 nitrogen and oxygen atoms in total. The molecule has 0 spiro atoms. The molecule has 84 valence electrons. The molecule has 1 rings (SSSR count). The molecule has 0 bridgehead atoms. The third-order valence-electron chi connectivity index (χ3n) is 3.41. The summed E-state index contributed by atoms with van der Waals surface area (Å²) in [6, 6.07) is 0. The second-order valence-corrected chi connectivity index (χ2v) is 5.97. The summed E-state index contributed by atoms with van der Waals surface area (Å²) in [6.07, 6.45) is 7.03. The number of thioether (sulfide) groups is 1. The molecule has 0 aliphatic heterocycles. The highest BCUT2D eigenvalue weighted by Crippen LogP contribution is 2.42. The molecule has 0 heterocycles. The minimum absolute atomic E-state index is 0.476. The third kappa shape index (κ3) is 3.14. The van der Waals surface area contributed by atoms with E-state index < -0.39 is 5.60 Å². The summed E-state index contributed by atoms with van der Waals surface area (Å²) in [5.74, 6) is 0. The van der Waals surface area contributed by atoms with Crippen molar-refractivity contribution in [1.82, 2.24) is 5.32 Å². The normalized spacial score (nSPS) is 24.0. The van der Waals surface area contributed by atoms with Crippen LogP contribution in [0.2, 0.25) is 0 Å². The van der Waals surface area contributed by atoms with E-state index >= 15 is 0 Å². The van der Waals surface area contributed by atoms with E-state index in [1.54, 1.807) is 0 Å². The Morgan fingerprint density at radius 3 is 2.50 bits per heavy atom. The summed E-state index contributed by atoms with van der Waals surface area (Å²) in [4.78, 5) is 0. The van der Waals surface area contributed by atoms with Crippen LogP contribution in [-0.2, 0) is 0 Å². The molecular formula is C11H23NOS. The van der Waals surface area contributed by atoms with E-state index in [9.17, 15) is 5.11 Å². The summed E-state index contributed by atoms with van der Waals surface area (Å²) in [7, 11) is 0. The molecule has 14 heavy (non-hydrogen) atoms. The van der Waals surface area contributed by atoms with Gasteiger partial charge < -0.3 is 10.4 Å². The average Bonchev–Trinajstić information content (AvgIpc) is 2.10. The molecule has 0 saturated heterocycles. The molecule has 0 aromatic heterocycles. The standard InChI is InChI=1S/C11H23NOS/c1-4-10(2,13)8-12-9-11(14-3)6-5-7-11/h12-13H,4-9H2,1-3H3. The molecule has 1 aliphatic rings. The highest BCUT2D eigenvalue weighted by Gasteiger charge is 2.35. The van der Waals surface area contributed by atoms with E-state index in [1.807, 2.05) is 25.6 Å². The van der Waals surface area contributed by atoms with Gasteiger partial charge in [-0.3, -0.25) is 0 Å². The molecule has 0 radical (unpaired) electrons. The number of nitrogens with one attached hydrogen (secondary N) is 1. The lowest BCUT2D eigenvalue weighted by Crippen LogP contribution is -2.47. The number of hydrogen-bond acceptors (Lipinski definition) is 3. The van der Waals surface area contributed by atoms with Crippen LogP contribution >= 0.6 is 11.8 Å². The van der Waals surface area contributed by atoms with E-state index in [0.29, 0.717) is 11.3 Å². The Labute approximate surface area is 91.9 Å². The zero-order valence-corrected chi connectivity index (χ0v) is 10.4. The minimum Gasteiger partial charge on any atom is -0.389 e. The van der Waals surface area contributed by atoms with Crippen molar-refractivity contribution >= 4 is 11.8 Å². The Hall–Kier alpha value is 0.270. The van der Waals surface area contributed by atoms with Crippen LogP contribution in [0.1, 0.15) is 39.5 Å². The fourth-order valence-electron chi connectivity index (χ4n) is 1.71. The maximum Gasteiger partial charge on any atom is 0.0740 e. The highest BCUT2D eigenvalue weighted by atomic mass is 32.2. The molecule has 1 atom stereocenters. The number of hydrogen-bond donors (Lipinski definition) is 2. The van der Waals surface area contributed by atoms with E-state index in [-0.39, 0.29) is 0 Å².